The van der Waals surface area contributed by atoms with E-state index in [-0.39, 0.29) is 11.8 Å². The lowest BCUT2D eigenvalue weighted by atomic mass is 10.1. The predicted octanol–water partition coefficient (Wildman–Crippen LogP) is 0.945. The Kier molecular flexibility index (Phi) is 9.54. The van der Waals surface area contributed by atoms with E-state index < -0.39 is 0 Å². The molecular weight excluding hydrogens is 300 g/mol. The fourth-order valence-corrected chi connectivity index (χ4v) is 2.70. The van der Waals surface area contributed by atoms with Crippen LogP contribution in [0.5, 0.6) is 0 Å². The Morgan fingerprint density at radius 2 is 1.86 bits per heavy atom. The van der Waals surface area contributed by atoms with Crippen LogP contribution in [0.3, 0.4) is 0 Å². The van der Waals surface area contributed by atoms with Gasteiger partial charge in [0.1, 0.15) is 0 Å². The maximum Gasteiger partial charge on any atom is 0.219 e. The van der Waals surface area contributed by atoms with Crippen LogP contribution in [0.2, 0.25) is 0 Å². The van der Waals surface area contributed by atoms with Crippen molar-refractivity contribution < 1.29 is 9.59 Å². The molecule has 1 heterocycles. The van der Waals surface area contributed by atoms with Gasteiger partial charge in [0.15, 0.2) is 5.11 Å². The molecule has 1 aliphatic heterocycles. The molecule has 126 valence electrons. The van der Waals surface area contributed by atoms with E-state index >= 15 is 0 Å². The average molecular weight is 328 g/mol. The normalized spacial score (nSPS) is 16.9. The summed E-state index contributed by atoms with van der Waals surface area (Å²) in [7, 11) is 0. The van der Waals surface area contributed by atoms with Crippen molar-refractivity contribution in [3.63, 3.8) is 0 Å². The van der Waals surface area contributed by atoms with Gasteiger partial charge in [-0.25, -0.2) is 0 Å². The van der Waals surface area contributed by atoms with Gasteiger partial charge in [-0.15, -0.1) is 0 Å². The summed E-state index contributed by atoms with van der Waals surface area (Å²) in [6.45, 7) is 1.60. The van der Waals surface area contributed by atoms with E-state index in [4.69, 9.17) is 18.0 Å². The first-order valence-corrected chi connectivity index (χ1v) is 8.58. The summed E-state index contributed by atoms with van der Waals surface area (Å²) in [5.41, 5.74) is 5.06. The molecule has 0 radical (unpaired) electrons. The minimum atomic E-state index is -0.255. The van der Waals surface area contributed by atoms with Gasteiger partial charge in [-0.3, -0.25) is 9.59 Å². The Bertz CT molecular complexity index is 377. The van der Waals surface area contributed by atoms with Gasteiger partial charge in [-0.2, -0.15) is 0 Å². The van der Waals surface area contributed by atoms with Crippen molar-refractivity contribution in [1.29, 1.82) is 0 Å². The SMILES string of the molecule is NC(=O)CCCCCNC(=O)CCCCC[C@@H]1CNC(=S)N1. The average Bonchev–Trinajstić information content (AvgIpc) is 2.87. The number of carbonyl (C=O) groups excluding carboxylic acids is 2. The number of nitrogens with one attached hydrogen (secondary N) is 3. The number of unbranched alkanes of at least 4 members (excludes halogenated alkanes) is 4. The number of hydrogen-bond donors (Lipinski definition) is 4. The predicted molar refractivity (Wildman–Crippen MR) is 91.3 cm³/mol. The van der Waals surface area contributed by atoms with Crippen LogP contribution in [0.25, 0.3) is 0 Å². The minimum Gasteiger partial charge on any atom is -0.370 e. The van der Waals surface area contributed by atoms with Gasteiger partial charge in [0.2, 0.25) is 11.8 Å². The summed E-state index contributed by atoms with van der Waals surface area (Å²) in [5, 5.41) is 9.98. The number of nitrogens with two attached hydrogens (primary N) is 1. The molecule has 1 aliphatic rings. The zero-order chi connectivity index (χ0) is 16.2. The molecule has 6 nitrogen and oxygen atoms in total. The molecule has 0 bridgehead atoms. The number of carbonyl (C=O) groups is 2. The van der Waals surface area contributed by atoms with E-state index in [1.807, 2.05) is 0 Å². The molecule has 0 aromatic rings. The van der Waals surface area contributed by atoms with Gasteiger partial charge in [0.05, 0.1) is 0 Å². The quantitative estimate of drug-likeness (QED) is 0.316. The summed E-state index contributed by atoms with van der Waals surface area (Å²) >= 11 is 5.01. The maximum atomic E-state index is 11.6. The van der Waals surface area contributed by atoms with Gasteiger partial charge < -0.3 is 21.7 Å². The molecular formula is C15H28N4O2S. The van der Waals surface area contributed by atoms with Crippen molar-refractivity contribution in [1.82, 2.24) is 16.0 Å². The van der Waals surface area contributed by atoms with Crippen molar-refractivity contribution in [2.24, 2.45) is 5.73 Å². The van der Waals surface area contributed by atoms with Crippen LogP contribution in [0.1, 0.15) is 57.8 Å². The molecule has 0 aliphatic carbocycles. The zero-order valence-corrected chi connectivity index (χ0v) is 14.0. The molecule has 7 heteroatoms. The first kappa shape index (κ1) is 18.7. The summed E-state index contributed by atoms with van der Waals surface area (Å²) < 4.78 is 0. The highest BCUT2D eigenvalue weighted by Crippen LogP contribution is 2.07. The molecule has 5 N–H and O–H groups in total. The second kappa shape index (κ2) is 11.2. The fraction of sp³-hybridized carbons (Fsp3) is 0.800. The number of thiocarbonyl (C=S) groups is 1. The minimum absolute atomic E-state index is 0.122. The topological polar surface area (TPSA) is 96.2 Å². The number of hydrogen-bond acceptors (Lipinski definition) is 3. The van der Waals surface area contributed by atoms with E-state index in [1.165, 1.54) is 0 Å². The monoisotopic (exact) mass is 328 g/mol. The van der Waals surface area contributed by atoms with Crippen molar-refractivity contribution in [2.45, 2.75) is 63.8 Å². The van der Waals surface area contributed by atoms with E-state index in [0.29, 0.717) is 25.4 Å². The molecule has 1 fully saturated rings. The molecule has 0 aromatic heterocycles. The number of primary amides is 1. The van der Waals surface area contributed by atoms with Crippen molar-refractivity contribution in [2.75, 3.05) is 13.1 Å². The Labute approximate surface area is 138 Å². The number of rotatable bonds is 12. The lowest BCUT2D eigenvalue weighted by Gasteiger charge is -2.08. The maximum absolute atomic E-state index is 11.6. The van der Waals surface area contributed by atoms with Crippen LogP contribution < -0.4 is 21.7 Å². The Hall–Kier alpha value is -1.37. The third kappa shape index (κ3) is 9.55. The van der Waals surface area contributed by atoms with Crippen LogP contribution >= 0.6 is 12.2 Å². The van der Waals surface area contributed by atoms with Crippen LogP contribution in [0, 0.1) is 0 Å². The van der Waals surface area contributed by atoms with Crippen molar-refractivity contribution in [3.8, 4) is 0 Å². The van der Waals surface area contributed by atoms with Crippen LogP contribution in [0.4, 0.5) is 0 Å². The van der Waals surface area contributed by atoms with E-state index in [0.717, 1.165) is 56.6 Å². The zero-order valence-electron chi connectivity index (χ0n) is 13.2. The molecule has 0 saturated carbocycles. The third-order valence-electron chi connectivity index (χ3n) is 3.72. The van der Waals surface area contributed by atoms with E-state index in [2.05, 4.69) is 16.0 Å². The van der Waals surface area contributed by atoms with Gasteiger partial charge >= 0.3 is 0 Å². The Morgan fingerprint density at radius 1 is 1.14 bits per heavy atom. The molecule has 1 saturated heterocycles. The molecule has 0 unspecified atom stereocenters. The molecule has 0 spiro atoms. The smallest absolute Gasteiger partial charge is 0.219 e. The van der Waals surface area contributed by atoms with Crippen molar-refractivity contribution in [3.05, 3.63) is 0 Å². The van der Waals surface area contributed by atoms with Gasteiger partial charge in [-0.05, 0) is 37.9 Å². The summed E-state index contributed by atoms with van der Waals surface area (Å²) in [4.78, 5) is 22.2. The molecule has 2 amide bonds. The highest BCUT2D eigenvalue weighted by atomic mass is 32.1. The Balaban J connectivity index is 1.85. The number of amides is 2. The second-order valence-corrected chi connectivity index (χ2v) is 6.19. The van der Waals surface area contributed by atoms with Crippen LogP contribution in [0.15, 0.2) is 0 Å². The molecule has 0 aromatic carbocycles. The van der Waals surface area contributed by atoms with Gasteiger partial charge in [0, 0.05) is 32.0 Å². The van der Waals surface area contributed by atoms with Crippen LogP contribution in [-0.4, -0.2) is 36.1 Å². The third-order valence-corrected chi connectivity index (χ3v) is 3.98. The van der Waals surface area contributed by atoms with E-state index in [9.17, 15) is 9.59 Å². The van der Waals surface area contributed by atoms with E-state index in [1.54, 1.807) is 0 Å². The largest absolute Gasteiger partial charge is 0.370 e. The first-order valence-electron chi connectivity index (χ1n) is 8.17. The standard InChI is InChI=1S/C15H28N4O2S/c16-13(20)8-4-2-6-10-17-14(21)9-5-1-3-7-12-11-18-15(22)19-12/h12H,1-11H2,(H2,16,20)(H,17,21)(H2,18,19,22)/t12-/m1/s1. The summed E-state index contributed by atoms with van der Waals surface area (Å²) in [5.74, 6) is -0.133. The summed E-state index contributed by atoms with van der Waals surface area (Å²) in [6.07, 6.45) is 7.86. The fourth-order valence-electron chi connectivity index (χ4n) is 2.45. The molecule has 1 rings (SSSR count). The highest BCUT2D eigenvalue weighted by molar-refractivity contribution is 7.80. The first-order chi connectivity index (χ1) is 10.6. The lowest BCUT2D eigenvalue weighted by molar-refractivity contribution is -0.121. The lowest BCUT2D eigenvalue weighted by Crippen LogP contribution is -2.26. The van der Waals surface area contributed by atoms with Crippen molar-refractivity contribution >= 4 is 29.1 Å². The van der Waals surface area contributed by atoms with Gasteiger partial charge in [0.25, 0.3) is 0 Å². The highest BCUT2D eigenvalue weighted by Gasteiger charge is 2.16. The Morgan fingerprint density at radius 3 is 2.55 bits per heavy atom. The summed E-state index contributed by atoms with van der Waals surface area (Å²) in [6, 6.07) is 0.446. The van der Waals surface area contributed by atoms with Gasteiger partial charge in [-0.1, -0.05) is 19.3 Å². The molecule has 1 atom stereocenters. The second-order valence-electron chi connectivity index (χ2n) is 5.78. The molecule has 22 heavy (non-hydrogen) atoms. The van der Waals surface area contributed by atoms with Crippen LogP contribution in [-0.2, 0) is 9.59 Å².